The van der Waals surface area contributed by atoms with Crippen LogP contribution < -0.4 is 16.4 Å². The lowest BCUT2D eigenvalue weighted by atomic mass is 9.87. The Morgan fingerprint density at radius 1 is 1.19 bits per heavy atom. The van der Waals surface area contributed by atoms with Gasteiger partial charge in [-0.1, -0.05) is 20.8 Å². The molecule has 0 aromatic carbocycles. The lowest BCUT2D eigenvalue weighted by molar-refractivity contribution is -0.124. The molecule has 0 radical (unpaired) electrons. The minimum atomic E-state index is -0.506. The van der Waals surface area contributed by atoms with Gasteiger partial charge >= 0.3 is 0 Å². The predicted molar refractivity (Wildman–Crippen MR) is 63.7 cm³/mol. The molecule has 4 N–H and O–H groups in total. The summed E-state index contributed by atoms with van der Waals surface area (Å²) in [5.74, 6) is -0.201. The molecule has 0 aliphatic heterocycles. The number of nitrogens with two attached hydrogens (primary N) is 1. The van der Waals surface area contributed by atoms with Crippen molar-refractivity contribution in [1.82, 2.24) is 10.6 Å². The van der Waals surface area contributed by atoms with Crippen molar-refractivity contribution in [1.29, 1.82) is 0 Å². The molecule has 0 unspecified atom stereocenters. The molecule has 0 bridgehead atoms. The fraction of sp³-hybridized carbons (Fsp3) is 0.818. The summed E-state index contributed by atoms with van der Waals surface area (Å²) in [6.45, 7) is 8.34. The van der Waals surface area contributed by atoms with Crippen LogP contribution in [0.2, 0.25) is 0 Å². The van der Waals surface area contributed by atoms with Gasteiger partial charge in [-0.2, -0.15) is 0 Å². The highest BCUT2D eigenvalue weighted by atomic mass is 16.2. The number of hydrogen-bond donors (Lipinski definition) is 3. The molecule has 0 saturated carbocycles. The molecule has 1 atom stereocenters. The van der Waals surface area contributed by atoms with Crippen LogP contribution in [-0.4, -0.2) is 30.9 Å². The van der Waals surface area contributed by atoms with Crippen LogP contribution in [0.5, 0.6) is 0 Å². The van der Waals surface area contributed by atoms with Crippen LogP contribution >= 0.6 is 0 Å². The zero-order chi connectivity index (χ0) is 12.8. The van der Waals surface area contributed by atoms with Crippen molar-refractivity contribution in [3.05, 3.63) is 0 Å². The highest BCUT2D eigenvalue weighted by Crippen LogP contribution is 2.16. The van der Waals surface area contributed by atoms with Gasteiger partial charge in [0.1, 0.15) is 0 Å². The van der Waals surface area contributed by atoms with Gasteiger partial charge in [-0.05, 0) is 11.8 Å². The van der Waals surface area contributed by atoms with Crippen molar-refractivity contribution in [3.63, 3.8) is 0 Å². The van der Waals surface area contributed by atoms with E-state index in [-0.39, 0.29) is 17.2 Å². The molecular formula is C11H23N3O2. The summed E-state index contributed by atoms with van der Waals surface area (Å²) >= 11 is 0. The molecule has 0 aliphatic rings. The summed E-state index contributed by atoms with van der Waals surface area (Å²) < 4.78 is 0. The highest BCUT2D eigenvalue weighted by Gasteiger charge is 2.26. The maximum Gasteiger partial charge on any atom is 0.237 e. The van der Waals surface area contributed by atoms with Gasteiger partial charge in [-0.3, -0.25) is 9.59 Å². The van der Waals surface area contributed by atoms with Gasteiger partial charge in [0.05, 0.1) is 6.04 Å². The third kappa shape index (κ3) is 6.40. The molecular weight excluding hydrogens is 206 g/mol. The van der Waals surface area contributed by atoms with Gasteiger partial charge in [0.25, 0.3) is 0 Å². The lowest BCUT2D eigenvalue weighted by Gasteiger charge is -2.25. The summed E-state index contributed by atoms with van der Waals surface area (Å²) in [5.41, 5.74) is 5.54. The highest BCUT2D eigenvalue weighted by molar-refractivity contribution is 5.82. The molecule has 5 heteroatoms. The zero-order valence-electron chi connectivity index (χ0n) is 10.6. The maximum atomic E-state index is 11.6. The van der Waals surface area contributed by atoms with E-state index >= 15 is 0 Å². The Morgan fingerprint density at radius 2 is 1.69 bits per heavy atom. The fourth-order valence-electron chi connectivity index (χ4n) is 1.07. The molecule has 5 nitrogen and oxygen atoms in total. The average molecular weight is 229 g/mol. The molecule has 0 heterocycles. The predicted octanol–water partition coefficient (Wildman–Crippen LogP) is 0.00220. The molecule has 2 amide bonds. The Hall–Kier alpha value is -1.10. The Bertz CT molecular complexity index is 246. The van der Waals surface area contributed by atoms with Gasteiger partial charge < -0.3 is 16.4 Å². The maximum absolute atomic E-state index is 11.6. The van der Waals surface area contributed by atoms with Crippen LogP contribution in [0.15, 0.2) is 0 Å². The standard InChI is InChI=1S/C11H23N3O2/c1-8(15)13-6-5-7-14-10(16)9(12)11(2,3)4/h9H,5-7,12H2,1-4H3,(H,13,15)(H,14,16)/t9-/m1/s1. The Balaban J connectivity index is 3.70. The summed E-state index contributed by atoms with van der Waals surface area (Å²) in [7, 11) is 0. The summed E-state index contributed by atoms with van der Waals surface area (Å²) in [6, 6.07) is -0.506. The lowest BCUT2D eigenvalue weighted by Crippen LogP contribution is -2.49. The molecule has 0 spiro atoms. The van der Waals surface area contributed by atoms with Crippen LogP contribution in [0, 0.1) is 5.41 Å². The van der Waals surface area contributed by atoms with Crippen LogP contribution in [0.25, 0.3) is 0 Å². The summed E-state index contributed by atoms with van der Waals surface area (Å²) in [4.78, 5) is 22.1. The van der Waals surface area contributed by atoms with Crippen molar-refractivity contribution in [2.45, 2.75) is 40.2 Å². The van der Waals surface area contributed by atoms with Crippen molar-refractivity contribution in [2.75, 3.05) is 13.1 Å². The molecule has 0 fully saturated rings. The van der Waals surface area contributed by atoms with Crippen LogP contribution in [0.4, 0.5) is 0 Å². The Morgan fingerprint density at radius 3 is 2.12 bits per heavy atom. The van der Waals surface area contributed by atoms with E-state index in [1.54, 1.807) is 0 Å². The fourth-order valence-corrected chi connectivity index (χ4v) is 1.07. The van der Waals surface area contributed by atoms with Crippen LogP contribution in [0.3, 0.4) is 0 Å². The van der Waals surface area contributed by atoms with Gasteiger partial charge in [-0.15, -0.1) is 0 Å². The Labute approximate surface area is 97.2 Å². The number of rotatable bonds is 5. The van der Waals surface area contributed by atoms with Gasteiger partial charge in [-0.25, -0.2) is 0 Å². The van der Waals surface area contributed by atoms with Gasteiger partial charge in [0, 0.05) is 20.0 Å². The largest absolute Gasteiger partial charge is 0.356 e. The number of nitrogens with one attached hydrogen (secondary N) is 2. The SMILES string of the molecule is CC(=O)NCCCNC(=O)[C@@H](N)C(C)(C)C. The number of hydrogen-bond acceptors (Lipinski definition) is 3. The minimum Gasteiger partial charge on any atom is -0.356 e. The van der Waals surface area contributed by atoms with Crippen LogP contribution in [0.1, 0.15) is 34.1 Å². The van der Waals surface area contributed by atoms with E-state index in [4.69, 9.17) is 5.73 Å². The first-order chi connectivity index (χ1) is 7.25. The quantitative estimate of drug-likeness (QED) is 0.580. The average Bonchev–Trinajstić information content (AvgIpc) is 2.13. The van der Waals surface area contributed by atoms with E-state index in [0.29, 0.717) is 19.5 Å². The molecule has 0 saturated heterocycles. The van der Waals surface area contributed by atoms with E-state index in [1.807, 2.05) is 20.8 Å². The molecule has 0 aromatic rings. The monoisotopic (exact) mass is 229 g/mol. The van der Waals surface area contributed by atoms with E-state index < -0.39 is 6.04 Å². The van der Waals surface area contributed by atoms with Crippen molar-refractivity contribution in [2.24, 2.45) is 11.1 Å². The first kappa shape index (κ1) is 14.9. The second-order valence-electron chi connectivity index (χ2n) is 4.97. The number of carbonyl (C=O) groups excluding carboxylic acids is 2. The number of amides is 2. The third-order valence-corrected chi connectivity index (χ3v) is 2.24. The van der Waals surface area contributed by atoms with Crippen molar-refractivity contribution < 1.29 is 9.59 Å². The molecule has 16 heavy (non-hydrogen) atoms. The minimum absolute atomic E-state index is 0.0577. The zero-order valence-corrected chi connectivity index (χ0v) is 10.6. The topological polar surface area (TPSA) is 84.2 Å². The number of carbonyl (C=O) groups is 2. The van der Waals surface area contributed by atoms with Gasteiger partial charge in [0.2, 0.25) is 11.8 Å². The van der Waals surface area contributed by atoms with E-state index in [1.165, 1.54) is 6.92 Å². The van der Waals surface area contributed by atoms with Crippen molar-refractivity contribution in [3.8, 4) is 0 Å². The molecule has 94 valence electrons. The van der Waals surface area contributed by atoms with Gasteiger partial charge in [0.15, 0.2) is 0 Å². The Kier molecular flexibility index (Phi) is 6.03. The second kappa shape index (κ2) is 6.48. The second-order valence-corrected chi connectivity index (χ2v) is 4.97. The smallest absolute Gasteiger partial charge is 0.237 e. The first-order valence-electron chi connectivity index (χ1n) is 5.53. The first-order valence-corrected chi connectivity index (χ1v) is 5.53. The van der Waals surface area contributed by atoms with E-state index in [9.17, 15) is 9.59 Å². The molecule has 0 rings (SSSR count). The summed E-state index contributed by atoms with van der Waals surface area (Å²) in [5, 5.41) is 5.40. The normalized spacial score (nSPS) is 13.1. The van der Waals surface area contributed by atoms with E-state index in [2.05, 4.69) is 10.6 Å². The van der Waals surface area contributed by atoms with Crippen LogP contribution in [-0.2, 0) is 9.59 Å². The molecule has 0 aliphatic carbocycles. The summed E-state index contributed by atoms with van der Waals surface area (Å²) in [6.07, 6.45) is 0.710. The van der Waals surface area contributed by atoms with Crippen molar-refractivity contribution >= 4 is 11.8 Å². The van der Waals surface area contributed by atoms with E-state index in [0.717, 1.165) is 0 Å². The molecule has 0 aromatic heterocycles. The third-order valence-electron chi connectivity index (χ3n) is 2.24.